The van der Waals surface area contributed by atoms with E-state index in [1.165, 1.54) is 4.90 Å². The summed E-state index contributed by atoms with van der Waals surface area (Å²) in [5.74, 6) is 0. The first-order valence-corrected chi connectivity index (χ1v) is 7.71. The van der Waals surface area contributed by atoms with Gasteiger partial charge in [0.05, 0.1) is 35.7 Å². The zero-order valence-electron chi connectivity index (χ0n) is 13.5. The first-order chi connectivity index (χ1) is 11.7. The number of hydrogen-bond acceptors (Lipinski definition) is 4. The molecule has 2 aromatic rings. The average molecular weight is 359 g/mol. The summed E-state index contributed by atoms with van der Waals surface area (Å²) in [5.41, 5.74) is 8.26. The minimum Gasteiger partial charge on any atom is -0.371 e. The first-order valence-electron chi connectivity index (χ1n) is 7.71. The number of hydrogen-bond donors (Lipinski definition) is 2. The molecule has 1 unspecified atom stereocenters. The van der Waals surface area contributed by atoms with E-state index in [4.69, 9.17) is 15.7 Å². The number of ether oxygens (including phenoxy) is 1. The summed E-state index contributed by atoms with van der Waals surface area (Å²) < 4.78 is 5.72. The van der Waals surface area contributed by atoms with Gasteiger partial charge in [0.15, 0.2) is 0 Å². The van der Waals surface area contributed by atoms with Crippen molar-refractivity contribution >= 4 is 29.8 Å². The first kappa shape index (κ1) is 18.7. The molecule has 25 heavy (non-hydrogen) atoms. The van der Waals surface area contributed by atoms with E-state index >= 15 is 0 Å². The van der Waals surface area contributed by atoms with E-state index in [1.807, 2.05) is 24.3 Å². The van der Waals surface area contributed by atoms with Crippen LogP contribution in [0.25, 0.3) is 0 Å². The zero-order valence-corrected chi connectivity index (χ0v) is 14.3. The molecule has 0 bridgehead atoms. The summed E-state index contributed by atoms with van der Waals surface area (Å²) in [6.07, 6.45) is 0.0109. The molecule has 6 nitrogen and oxygen atoms in total. The number of rotatable bonds is 3. The number of nitrogens with zero attached hydrogens (tertiary/aromatic N) is 2. The van der Waals surface area contributed by atoms with Gasteiger partial charge in [-0.2, -0.15) is 5.26 Å². The summed E-state index contributed by atoms with van der Waals surface area (Å²) in [5, 5.41) is 12.3. The highest BCUT2D eigenvalue weighted by Crippen LogP contribution is 2.28. The molecule has 1 heterocycles. The molecule has 0 radical (unpaired) electrons. The van der Waals surface area contributed by atoms with E-state index in [0.717, 1.165) is 18.7 Å². The van der Waals surface area contributed by atoms with Crippen LogP contribution in [0.1, 0.15) is 17.2 Å². The quantitative estimate of drug-likeness (QED) is 0.882. The smallest absolute Gasteiger partial charge is 0.323 e. The van der Waals surface area contributed by atoms with E-state index in [-0.39, 0.29) is 18.5 Å². The largest absolute Gasteiger partial charge is 0.371 e. The van der Waals surface area contributed by atoms with Crippen LogP contribution in [0.5, 0.6) is 0 Å². The van der Waals surface area contributed by atoms with Crippen molar-refractivity contribution in [3.05, 3.63) is 59.7 Å². The number of nitrogens with two attached hydrogens (primary N) is 1. The second-order valence-electron chi connectivity index (χ2n) is 5.49. The molecule has 3 N–H and O–H groups in total. The van der Waals surface area contributed by atoms with Crippen LogP contribution in [0.2, 0.25) is 0 Å². The summed E-state index contributed by atoms with van der Waals surface area (Å²) >= 11 is 0. The van der Waals surface area contributed by atoms with Crippen LogP contribution in [-0.4, -0.2) is 25.7 Å². The Hall–Kier alpha value is -2.59. The molecule has 1 saturated heterocycles. The fraction of sp³-hybridized carbons (Fsp3) is 0.222. The van der Waals surface area contributed by atoms with E-state index < -0.39 is 6.03 Å². The van der Waals surface area contributed by atoms with Crippen molar-refractivity contribution in [1.29, 1.82) is 5.26 Å². The molecule has 0 aromatic heterocycles. The molecule has 1 atom stereocenters. The molecule has 1 aliphatic heterocycles. The van der Waals surface area contributed by atoms with Crippen molar-refractivity contribution in [2.75, 3.05) is 24.6 Å². The molecular weight excluding hydrogens is 340 g/mol. The highest BCUT2D eigenvalue weighted by molar-refractivity contribution is 5.98. The predicted molar refractivity (Wildman–Crippen MR) is 98.1 cm³/mol. The van der Waals surface area contributed by atoms with Crippen molar-refractivity contribution in [2.45, 2.75) is 6.10 Å². The Morgan fingerprint density at radius 2 is 2.00 bits per heavy atom. The fourth-order valence-corrected chi connectivity index (χ4v) is 2.74. The molecular formula is C18H19ClN4O2. The van der Waals surface area contributed by atoms with Gasteiger partial charge in [0, 0.05) is 13.1 Å². The number of benzene rings is 2. The normalized spacial score (nSPS) is 16.4. The number of primary amides is 1. The van der Waals surface area contributed by atoms with Crippen molar-refractivity contribution in [1.82, 2.24) is 5.32 Å². The van der Waals surface area contributed by atoms with Crippen LogP contribution in [-0.2, 0) is 4.74 Å². The van der Waals surface area contributed by atoms with Crippen LogP contribution in [0.3, 0.4) is 0 Å². The Morgan fingerprint density at radius 3 is 2.60 bits per heavy atom. The lowest BCUT2D eigenvalue weighted by atomic mass is 10.1. The van der Waals surface area contributed by atoms with Crippen LogP contribution < -0.4 is 16.0 Å². The molecule has 1 aliphatic rings. The highest BCUT2D eigenvalue weighted by Gasteiger charge is 2.18. The summed E-state index contributed by atoms with van der Waals surface area (Å²) in [4.78, 5) is 13.3. The molecule has 130 valence electrons. The molecule has 1 fully saturated rings. The number of morpholine rings is 1. The Kier molecular flexibility index (Phi) is 6.37. The van der Waals surface area contributed by atoms with Crippen LogP contribution in [0, 0.1) is 11.3 Å². The van der Waals surface area contributed by atoms with Crippen molar-refractivity contribution in [2.24, 2.45) is 5.73 Å². The van der Waals surface area contributed by atoms with E-state index in [2.05, 4.69) is 11.4 Å². The van der Waals surface area contributed by atoms with Gasteiger partial charge in [-0.05, 0) is 35.9 Å². The molecule has 2 aromatic carbocycles. The molecule has 2 amide bonds. The van der Waals surface area contributed by atoms with Crippen LogP contribution in [0.15, 0.2) is 48.5 Å². The Bertz CT molecular complexity index is 767. The van der Waals surface area contributed by atoms with E-state index in [1.54, 1.807) is 24.3 Å². The number of anilines is 2. The zero-order chi connectivity index (χ0) is 16.9. The van der Waals surface area contributed by atoms with Gasteiger partial charge in [-0.3, -0.25) is 4.90 Å². The minimum absolute atomic E-state index is 0. The van der Waals surface area contributed by atoms with Gasteiger partial charge in [0.25, 0.3) is 0 Å². The number of amides is 2. The number of carbonyl (C=O) groups excluding carboxylic acids is 1. The third kappa shape index (κ3) is 4.28. The fourth-order valence-electron chi connectivity index (χ4n) is 2.74. The second kappa shape index (κ2) is 8.49. The number of nitriles is 1. The number of halogens is 1. The van der Waals surface area contributed by atoms with Crippen molar-refractivity contribution in [3.63, 3.8) is 0 Å². The maximum Gasteiger partial charge on any atom is 0.323 e. The lowest BCUT2D eigenvalue weighted by Crippen LogP contribution is -2.33. The SMILES string of the molecule is Cl.N#Cc1cccc(N(C(N)=O)c2ccc(C3CNCCO3)cc2)c1. The molecule has 0 aliphatic carbocycles. The van der Waals surface area contributed by atoms with Gasteiger partial charge < -0.3 is 15.8 Å². The Morgan fingerprint density at radius 1 is 1.24 bits per heavy atom. The van der Waals surface area contributed by atoms with E-state index in [0.29, 0.717) is 23.5 Å². The summed E-state index contributed by atoms with van der Waals surface area (Å²) in [6.45, 7) is 2.31. The average Bonchev–Trinajstić information content (AvgIpc) is 2.63. The number of carbonyl (C=O) groups is 1. The van der Waals surface area contributed by atoms with Gasteiger partial charge in [-0.1, -0.05) is 18.2 Å². The van der Waals surface area contributed by atoms with Crippen molar-refractivity contribution < 1.29 is 9.53 Å². The third-order valence-electron chi connectivity index (χ3n) is 3.90. The summed E-state index contributed by atoms with van der Waals surface area (Å²) in [7, 11) is 0. The van der Waals surface area contributed by atoms with E-state index in [9.17, 15) is 4.79 Å². The minimum atomic E-state index is -0.603. The maximum atomic E-state index is 11.9. The summed E-state index contributed by atoms with van der Waals surface area (Å²) in [6, 6.07) is 15.8. The van der Waals surface area contributed by atoms with Crippen LogP contribution >= 0.6 is 12.4 Å². The standard InChI is InChI=1S/C18H18N4O2.ClH/c19-11-13-2-1-3-16(10-13)22(18(20)23)15-6-4-14(5-7-15)17-12-21-8-9-24-17;/h1-7,10,17,21H,8-9,12H2,(H2,20,23);1H. The van der Waals surface area contributed by atoms with Crippen LogP contribution in [0.4, 0.5) is 16.2 Å². The Labute approximate surface area is 152 Å². The molecule has 7 heteroatoms. The van der Waals surface area contributed by atoms with Gasteiger partial charge in [0.1, 0.15) is 0 Å². The second-order valence-corrected chi connectivity index (χ2v) is 5.49. The number of urea groups is 1. The number of nitrogens with one attached hydrogen (secondary N) is 1. The predicted octanol–water partition coefficient (Wildman–Crippen LogP) is 2.86. The van der Waals surface area contributed by atoms with Crippen molar-refractivity contribution in [3.8, 4) is 6.07 Å². The maximum absolute atomic E-state index is 11.9. The van der Waals surface area contributed by atoms with Gasteiger partial charge in [-0.25, -0.2) is 4.79 Å². The molecule has 0 spiro atoms. The molecule has 3 rings (SSSR count). The lowest BCUT2D eigenvalue weighted by molar-refractivity contribution is 0.0277. The van der Waals surface area contributed by atoms with Gasteiger partial charge in [0.2, 0.25) is 0 Å². The monoisotopic (exact) mass is 358 g/mol. The topological polar surface area (TPSA) is 91.4 Å². The lowest BCUT2D eigenvalue weighted by Gasteiger charge is -2.25. The van der Waals surface area contributed by atoms with Gasteiger partial charge in [-0.15, -0.1) is 12.4 Å². The van der Waals surface area contributed by atoms with Gasteiger partial charge >= 0.3 is 6.03 Å². The molecule has 0 saturated carbocycles. The third-order valence-corrected chi connectivity index (χ3v) is 3.90. The Balaban J connectivity index is 0.00000225. The highest BCUT2D eigenvalue weighted by atomic mass is 35.5.